The topological polar surface area (TPSA) is 62.1 Å². The number of hydrogen-bond donors (Lipinski definition) is 1. The summed E-state index contributed by atoms with van der Waals surface area (Å²) in [6.45, 7) is 1.50. The highest BCUT2D eigenvalue weighted by atomic mass is 16.3. The van der Waals surface area contributed by atoms with Gasteiger partial charge in [0.1, 0.15) is 11.3 Å². The smallest absolute Gasteiger partial charge is 0.180 e. The van der Waals surface area contributed by atoms with Crippen molar-refractivity contribution in [2.75, 3.05) is 18.0 Å². The van der Waals surface area contributed by atoms with Crippen LogP contribution in [-0.2, 0) is 0 Å². The Labute approximate surface area is 92.8 Å². The second-order valence-corrected chi connectivity index (χ2v) is 3.96. The summed E-state index contributed by atoms with van der Waals surface area (Å²) in [5.41, 5.74) is 1.45. The van der Waals surface area contributed by atoms with Crippen LogP contribution in [0.4, 0.5) is 5.82 Å². The molecule has 1 aliphatic heterocycles. The van der Waals surface area contributed by atoms with Gasteiger partial charge < -0.3 is 10.0 Å². The molecule has 0 aliphatic carbocycles. The number of aliphatic hydroxyl groups excluding tert-OH is 1. The van der Waals surface area contributed by atoms with Gasteiger partial charge in [0.2, 0.25) is 0 Å². The van der Waals surface area contributed by atoms with Gasteiger partial charge >= 0.3 is 0 Å². The highest BCUT2D eigenvalue weighted by molar-refractivity contribution is 5.71. The molecule has 0 unspecified atom stereocenters. The van der Waals surface area contributed by atoms with E-state index in [1.807, 2.05) is 12.1 Å². The summed E-state index contributed by atoms with van der Waals surface area (Å²) >= 11 is 0. The van der Waals surface area contributed by atoms with Gasteiger partial charge in [-0.25, -0.2) is 9.97 Å². The lowest BCUT2D eigenvalue weighted by molar-refractivity contribution is 0.198. The molecule has 1 atom stereocenters. The SMILES string of the molecule is O[C@H]1CCN(c2ccc3nccnc3n2)C1. The van der Waals surface area contributed by atoms with Crippen molar-refractivity contribution in [3.05, 3.63) is 24.5 Å². The monoisotopic (exact) mass is 216 g/mol. The van der Waals surface area contributed by atoms with E-state index in [0.29, 0.717) is 12.2 Å². The molecule has 5 heteroatoms. The van der Waals surface area contributed by atoms with Crippen LogP contribution in [0.1, 0.15) is 6.42 Å². The largest absolute Gasteiger partial charge is 0.391 e. The lowest BCUT2D eigenvalue weighted by Crippen LogP contribution is -2.22. The fraction of sp³-hybridized carbons (Fsp3) is 0.364. The zero-order chi connectivity index (χ0) is 11.0. The van der Waals surface area contributed by atoms with Gasteiger partial charge in [0.25, 0.3) is 0 Å². The van der Waals surface area contributed by atoms with Crippen LogP contribution in [0.25, 0.3) is 11.2 Å². The maximum absolute atomic E-state index is 9.48. The highest BCUT2D eigenvalue weighted by Crippen LogP contribution is 2.19. The summed E-state index contributed by atoms with van der Waals surface area (Å²) in [4.78, 5) is 14.8. The lowest BCUT2D eigenvalue weighted by atomic mass is 10.3. The molecule has 0 amide bonds. The van der Waals surface area contributed by atoms with Crippen molar-refractivity contribution in [3.63, 3.8) is 0 Å². The first kappa shape index (κ1) is 9.47. The Bertz CT molecular complexity index is 516. The van der Waals surface area contributed by atoms with Crippen LogP contribution in [0.5, 0.6) is 0 Å². The number of anilines is 1. The van der Waals surface area contributed by atoms with Crippen molar-refractivity contribution in [1.82, 2.24) is 15.0 Å². The van der Waals surface area contributed by atoms with Gasteiger partial charge in [-0.2, -0.15) is 0 Å². The van der Waals surface area contributed by atoms with Crippen molar-refractivity contribution in [3.8, 4) is 0 Å². The fourth-order valence-corrected chi connectivity index (χ4v) is 1.97. The number of nitrogens with zero attached hydrogens (tertiary/aromatic N) is 4. The third-order valence-electron chi connectivity index (χ3n) is 2.80. The molecule has 82 valence electrons. The maximum Gasteiger partial charge on any atom is 0.180 e. The van der Waals surface area contributed by atoms with Crippen LogP contribution in [0.15, 0.2) is 24.5 Å². The Morgan fingerprint density at radius 1 is 1.25 bits per heavy atom. The van der Waals surface area contributed by atoms with Crippen molar-refractivity contribution in [2.24, 2.45) is 0 Å². The van der Waals surface area contributed by atoms with Crippen molar-refractivity contribution in [1.29, 1.82) is 0 Å². The molecule has 1 N–H and O–H groups in total. The number of aromatic nitrogens is 3. The van der Waals surface area contributed by atoms with E-state index in [1.165, 1.54) is 0 Å². The number of fused-ring (bicyclic) bond motifs is 1. The van der Waals surface area contributed by atoms with Crippen LogP contribution in [-0.4, -0.2) is 39.3 Å². The molecule has 3 rings (SSSR count). The molecule has 2 aromatic heterocycles. The van der Waals surface area contributed by atoms with E-state index in [4.69, 9.17) is 0 Å². The molecule has 0 spiro atoms. The van der Waals surface area contributed by atoms with Crippen LogP contribution in [0.2, 0.25) is 0 Å². The Hall–Kier alpha value is -1.75. The van der Waals surface area contributed by atoms with Crippen LogP contribution in [0.3, 0.4) is 0 Å². The Balaban J connectivity index is 1.99. The molecule has 3 heterocycles. The number of β-amino-alcohol motifs (C(OH)–C–C–N with tert-alkyl or cyclic N) is 1. The Morgan fingerprint density at radius 2 is 2.12 bits per heavy atom. The molecule has 16 heavy (non-hydrogen) atoms. The average molecular weight is 216 g/mol. The fourth-order valence-electron chi connectivity index (χ4n) is 1.97. The van der Waals surface area contributed by atoms with E-state index in [9.17, 15) is 5.11 Å². The van der Waals surface area contributed by atoms with Crippen LogP contribution < -0.4 is 4.90 Å². The third-order valence-corrected chi connectivity index (χ3v) is 2.80. The minimum absolute atomic E-state index is 0.237. The molecular formula is C11H12N4O. The van der Waals surface area contributed by atoms with Crippen LogP contribution in [0, 0.1) is 0 Å². The maximum atomic E-state index is 9.48. The average Bonchev–Trinajstić information content (AvgIpc) is 2.75. The molecule has 5 nitrogen and oxygen atoms in total. The van der Waals surface area contributed by atoms with Gasteiger partial charge in [0, 0.05) is 25.5 Å². The zero-order valence-electron chi connectivity index (χ0n) is 8.74. The number of hydrogen-bond acceptors (Lipinski definition) is 5. The molecule has 1 fully saturated rings. The van der Waals surface area contributed by atoms with Crippen molar-refractivity contribution < 1.29 is 5.11 Å². The Morgan fingerprint density at radius 3 is 2.94 bits per heavy atom. The zero-order valence-corrected chi connectivity index (χ0v) is 8.74. The van der Waals surface area contributed by atoms with Crippen LogP contribution >= 0.6 is 0 Å². The predicted molar refractivity (Wildman–Crippen MR) is 60.2 cm³/mol. The van der Waals surface area contributed by atoms with Gasteiger partial charge in [-0.05, 0) is 18.6 Å². The van der Waals surface area contributed by atoms with Gasteiger partial charge in [0.15, 0.2) is 5.65 Å². The minimum Gasteiger partial charge on any atom is -0.391 e. The van der Waals surface area contributed by atoms with E-state index in [1.54, 1.807) is 12.4 Å². The number of rotatable bonds is 1. The van der Waals surface area contributed by atoms with E-state index >= 15 is 0 Å². The minimum atomic E-state index is -0.237. The predicted octanol–water partition coefficient (Wildman–Crippen LogP) is 0.596. The summed E-state index contributed by atoms with van der Waals surface area (Å²) in [6, 6.07) is 3.84. The molecule has 0 saturated carbocycles. The number of aliphatic hydroxyl groups is 1. The highest BCUT2D eigenvalue weighted by Gasteiger charge is 2.21. The second-order valence-electron chi connectivity index (χ2n) is 3.96. The quantitative estimate of drug-likeness (QED) is 0.756. The van der Waals surface area contributed by atoms with E-state index < -0.39 is 0 Å². The normalized spacial score (nSPS) is 20.6. The van der Waals surface area contributed by atoms with Gasteiger partial charge in [-0.1, -0.05) is 0 Å². The first-order valence-corrected chi connectivity index (χ1v) is 5.34. The molecule has 0 aromatic carbocycles. The summed E-state index contributed by atoms with van der Waals surface area (Å²) in [5, 5.41) is 9.48. The first-order valence-electron chi connectivity index (χ1n) is 5.34. The van der Waals surface area contributed by atoms with E-state index in [-0.39, 0.29) is 6.10 Å². The summed E-state index contributed by atoms with van der Waals surface area (Å²) in [5.74, 6) is 0.865. The van der Waals surface area contributed by atoms with Gasteiger partial charge in [-0.3, -0.25) is 4.98 Å². The lowest BCUT2D eigenvalue weighted by Gasteiger charge is -2.16. The Kier molecular flexibility index (Phi) is 2.18. The van der Waals surface area contributed by atoms with Crippen molar-refractivity contribution >= 4 is 17.0 Å². The second kappa shape index (κ2) is 3.68. The van der Waals surface area contributed by atoms with E-state index in [2.05, 4.69) is 19.9 Å². The molecule has 1 saturated heterocycles. The number of pyridine rings is 1. The summed E-state index contributed by atoms with van der Waals surface area (Å²) in [7, 11) is 0. The molecular weight excluding hydrogens is 204 g/mol. The summed E-state index contributed by atoms with van der Waals surface area (Å²) in [6.07, 6.45) is 3.86. The van der Waals surface area contributed by atoms with Gasteiger partial charge in [-0.15, -0.1) is 0 Å². The molecule has 0 bridgehead atoms. The van der Waals surface area contributed by atoms with E-state index in [0.717, 1.165) is 24.3 Å². The molecule has 2 aromatic rings. The van der Waals surface area contributed by atoms with Crippen molar-refractivity contribution in [2.45, 2.75) is 12.5 Å². The summed E-state index contributed by atoms with van der Waals surface area (Å²) < 4.78 is 0. The molecule has 0 radical (unpaired) electrons. The standard InChI is InChI=1S/C11H12N4O/c16-8-3-6-15(7-8)10-2-1-9-11(14-10)13-5-4-12-9/h1-2,4-5,8,16H,3,6-7H2/t8-/m0/s1. The van der Waals surface area contributed by atoms with Gasteiger partial charge in [0.05, 0.1) is 6.10 Å². The third kappa shape index (κ3) is 1.59. The molecule has 1 aliphatic rings. The first-order chi connectivity index (χ1) is 7.83.